The van der Waals surface area contributed by atoms with E-state index in [4.69, 9.17) is 10.2 Å². The van der Waals surface area contributed by atoms with E-state index in [1.165, 1.54) is 11.1 Å². The molecule has 0 unspecified atom stereocenters. The van der Waals surface area contributed by atoms with Crippen LogP contribution in [0.5, 0.6) is 0 Å². The zero-order valence-corrected chi connectivity index (χ0v) is 10.8. The third kappa shape index (κ3) is 18.6. The Morgan fingerprint density at radius 2 is 1.69 bits per heavy atom. The molecule has 0 aliphatic carbocycles. The first-order chi connectivity index (χ1) is 7.43. The highest BCUT2D eigenvalue weighted by Gasteiger charge is 1.86. The van der Waals surface area contributed by atoms with Gasteiger partial charge in [0.2, 0.25) is 0 Å². The van der Waals surface area contributed by atoms with Crippen LogP contribution in [0, 0.1) is 0 Å². The van der Waals surface area contributed by atoms with Gasteiger partial charge >= 0.3 is 5.97 Å². The third-order valence-electron chi connectivity index (χ3n) is 1.83. The summed E-state index contributed by atoms with van der Waals surface area (Å²) in [6, 6.07) is 0. The molecule has 0 aromatic heterocycles. The lowest BCUT2D eigenvalue weighted by Crippen LogP contribution is -1.86. The molecule has 94 valence electrons. The lowest BCUT2D eigenvalue weighted by molar-refractivity contribution is -0.136. The number of aliphatic hydroxyl groups is 1. The van der Waals surface area contributed by atoms with Crippen molar-refractivity contribution < 1.29 is 15.0 Å². The molecule has 0 heterocycles. The van der Waals surface area contributed by atoms with Crippen molar-refractivity contribution >= 4 is 5.97 Å². The Bertz CT molecular complexity index is 236. The highest BCUT2D eigenvalue weighted by atomic mass is 16.4. The van der Waals surface area contributed by atoms with Crippen LogP contribution >= 0.6 is 0 Å². The molecule has 0 aliphatic rings. The van der Waals surface area contributed by atoms with Crippen molar-refractivity contribution in [2.75, 3.05) is 6.61 Å². The minimum absolute atomic E-state index is 0.167. The molecule has 0 aliphatic heterocycles. The van der Waals surface area contributed by atoms with E-state index in [9.17, 15) is 4.79 Å². The van der Waals surface area contributed by atoms with Crippen LogP contribution in [0.1, 0.15) is 47.0 Å². The lowest BCUT2D eigenvalue weighted by Gasteiger charge is -1.96. The Hall–Kier alpha value is -1.09. The first-order valence-corrected chi connectivity index (χ1v) is 5.55. The van der Waals surface area contributed by atoms with E-state index in [2.05, 4.69) is 26.8 Å². The van der Waals surface area contributed by atoms with Gasteiger partial charge < -0.3 is 10.2 Å². The number of hydrogen-bond donors (Lipinski definition) is 2. The highest BCUT2D eigenvalue weighted by molar-refractivity contribution is 5.66. The van der Waals surface area contributed by atoms with E-state index in [1.807, 2.05) is 6.08 Å². The second-order valence-electron chi connectivity index (χ2n) is 3.80. The predicted octanol–water partition coefficient (Wildman–Crippen LogP) is 3.15. The first-order valence-electron chi connectivity index (χ1n) is 5.55. The Labute approximate surface area is 98.5 Å². The minimum atomic E-state index is -0.745. The van der Waals surface area contributed by atoms with Gasteiger partial charge in [-0.3, -0.25) is 4.79 Å². The molecule has 0 aromatic rings. The maximum absolute atomic E-state index is 9.37. The fourth-order valence-electron chi connectivity index (χ4n) is 0.846. The van der Waals surface area contributed by atoms with Crippen LogP contribution in [0.2, 0.25) is 0 Å². The number of hydrogen-bond acceptors (Lipinski definition) is 2. The van der Waals surface area contributed by atoms with Crippen LogP contribution in [-0.2, 0) is 4.79 Å². The SMILES string of the molecule is CC(C)=CCC/C(C)=C/CO.CCC(=O)O. The zero-order chi connectivity index (χ0) is 13.0. The number of aliphatic carboxylic acids is 1. The molecule has 0 saturated carbocycles. The molecule has 0 fully saturated rings. The molecule has 3 nitrogen and oxygen atoms in total. The van der Waals surface area contributed by atoms with Gasteiger partial charge in [0.05, 0.1) is 6.61 Å². The van der Waals surface area contributed by atoms with E-state index >= 15 is 0 Å². The van der Waals surface area contributed by atoms with Crippen molar-refractivity contribution in [1.82, 2.24) is 0 Å². The van der Waals surface area contributed by atoms with Gasteiger partial charge in [-0.2, -0.15) is 0 Å². The maximum atomic E-state index is 9.37. The number of carboxylic acid groups (broad SMARTS) is 1. The van der Waals surface area contributed by atoms with Crippen LogP contribution < -0.4 is 0 Å². The summed E-state index contributed by atoms with van der Waals surface area (Å²) in [5.41, 5.74) is 2.63. The highest BCUT2D eigenvalue weighted by Crippen LogP contribution is 2.05. The molecule has 0 spiro atoms. The summed E-state index contributed by atoms with van der Waals surface area (Å²) in [6.07, 6.45) is 6.45. The van der Waals surface area contributed by atoms with E-state index in [-0.39, 0.29) is 13.0 Å². The molecule has 0 saturated heterocycles. The maximum Gasteiger partial charge on any atom is 0.303 e. The van der Waals surface area contributed by atoms with Crippen molar-refractivity contribution in [3.05, 3.63) is 23.3 Å². The second kappa shape index (κ2) is 12.0. The molecule has 0 atom stereocenters. The lowest BCUT2D eigenvalue weighted by atomic mass is 10.1. The summed E-state index contributed by atoms with van der Waals surface area (Å²) < 4.78 is 0. The standard InChI is InChI=1S/C10H18O.C3H6O2/c1-9(2)5-4-6-10(3)7-8-11;1-2-3(4)5/h5,7,11H,4,6,8H2,1-3H3;2H2,1H3,(H,4,5)/b10-7+;. The summed E-state index contributed by atoms with van der Waals surface area (Å²) in [5, 5.41) is 16.3. The summed E-state index contributed by atoms with van der Waals surface area (Å²) >= 11 is 0. The smallest absolute Gasteiger partial charge is 0.303 e. The van der Waals surface area contributed by atoms with Gasteiger partial charge in [-0.15, -0.1) is 0 Å². The van der Waals surface area contributed by atoms with E-state index < -0.39 is 5.97 Å². The Kier molecular flexibility index (Phi) is 13.0. The number of rotatable bonds is 5. The van der Waals surface area contributed by atoms with Crippen molar-refractivity contribution in [3.8, 4) is 0 Å². The minimum Gasteiger partial charge on any atom is -0.481 e. The van der Waals surface area contributed by atoms with Gasteiger partial charge in [0.25, 0.3) is 0 Å². The second-order valence-corrected chi connectivity index (χ2v) is 3.80. The summed E-state index contributed by atoms with van der Waals surface area (Å²) in [5.74, 6) is -0.745. The third-order valence-corrected chi connectivity index (χ3v) is 1.83. The molecular formula is C13H24O3. The average molecular weight is 228 g/mol. The summed E-state index contributed by atoms with van der Waals surface area (Å²) in [4.78, 5) is 9.37. The van der Waals surface area contributed by atoms with Crippen LogP contribution in [0.15, 0.2) is 23.3 Å². The van der Waals surface area contributed by atoms with Gasteiger partial charge in [0.15, 0.2) is 0 Å². The topological polar surface area (TPSA) is 57.5 Å². The van der Waals surface area contributed by atoms with Crippen LogP contribution in [0.4, 0.5) is 0 Å². The Morgan fingerprint density at radius 3 is 2.00 bits per heavy atom. The van der Waals surface area contributed by atoms with Crippen molar-refractivity contribution in [2.24, 2.45) is 0 Å². The fraction of sp³-hybridized carbons (Fsp3) is 0.615. The molecule has 0 radical (unpaired) electrons. The normalized spacial score (nSPS) is 10.2. The van der Waals surface area contributed by atoms with Crippen molar-refractivity contribution in [3.63, 3.8) is 0 Å². The summed E-state index contributed by atoms with van der Waals surface area (Å²) in [6.45, 7) is 8.02. The molecule has 0 rings (SSSR count). The molecule has 0 bridgehead atoms. The van der Waals surface area contributed by atoms with Gasteiger partial charge in [0.1, 0.15) is 0 Å². The van der Waals surface area contributed by atoms with Gasteiger partial charge in [0, 0.05) is 6.42 Å². The molecule has 0 aromatic carbocycles. The largest absolute Gasteiger partial charge is 0.481 e. The number of carboxylic acids is 1. The number of carbonyl (C=O) groups is 1. The van der Waals surface area contributed by atoms with E-state index in [1.54, 1.807) is 6.92 Å². The van der Waals surface area contributed by atoms with E-state index in [0.717, 1.165) is 12.8 Å². The average Bonchev–Trinajstić information content (AvgIpc) is 2.18. The Balaban J connectivity index is 0. The van der Waals surface area contributed by atoms with Gasteiger partial charge in [-0.05, 0) is 33.6 Å². The fourth-order valence-corrected chi connectivity index (χ4v) is 0.846. The predicted molar refractivity (Wildman–Crippen MR) is 67.4 cm³/mol. The first kappa shape index (κ1) is 17.3. The molecule has 3 heteroatoms. The summed E-state index contributed by atoms with van der Waals surface area (Å²) in [7, 11) is 0. The van der Waals surface area contributed by atoms with Gasteiger partial charge in [-0.1, -0.05) is 30.2 Å². The number of allylic oxidation sites excluding steroid dienone is 3. The molecular weight excluding hydrogens is 204 g/mol. The monoisotopic (exact) mass is 228 g/mol. The van der Waals surface area contributed by atoms with E-state index in [0.29, 0.717) is 0 Å². The van der Waals surface area contributed by atoms with Crippen LogP contribution in [0.25, 0.3) is 0 Å². The van der Waals surface area contributed by atoms with Crippen LogP contribution in [0.3, 0.4) is 0 Å². The molecule has 16 heavy (non-hydrogen) atoms. The number of aliphatic hydroxyl groups excluding tert-OH is 1. The Morgan fingerprint density at radius 1 is 1.19 bits per heavy atom. The molecule has 2 N–H and O–H groups in total. The zero-order valence-electron chi connectivity index (χ0n) is 10.8. The van der Waals surface area contributed by atoms with Crippen LogP contribution in [-0.4, -0.2) is 22.8 Å². The van der Waals surface area contributed by atoms with Crippen molar-refractivity contribution in [1.29, 1.82) is 0 Å². The molecule has 0 amide bonds. The quantitative estimate of drug-likeness (QED) is 0.711. The van der Waals surface area contributed by atoms with Crippen molar-refractivity contribution in [2.45, 2.75) is 47.0 Å². The van der Waals surface area contributed by atoms with Gasteiger partial charge in [-0.25, -0.2) is 0 Å².